The van der Waals surface area contributed by atoms with Gasteiger partial charge in [0.05, 0.1) is 12.1 Å². The summed E-state index contributed by atoms with van der Waals surface area (Å²) in [7, 11) is 0. The average molecular weight is 417 g/mol. The average Bonchev–Trinajstić information content (AvgIpc) is 3.53. The van der Waals surface area contributed by atoms with E-state index in [2.05, 4.69) is 75.9 Å². The first-order valence-corrected chi connectivity index (χ1v) is 11.1. The molecule has 31 heavy (non-hydrogen) atoms. The zero-order chi connectivity index (χ0) is 21.0. The number of amides is 1. The molecule has 2 aromatic carbocycles. The van der Waals surface area contributed by atoms with Crippen LogP contribution in [0.25, 0.3) is 0 Å². The molecule has 1 N–H and O–H groups in total. The maximum atomic E-state index is 13.0. The van der Waals surface area contributed by atoms with Gasteiger partial charge in [-0.2, -0.15) is 0 Å². The van der Waals surface area contributed by atoms with E-state index in [1.165, 1.54) is 17.4 Å². The Balaban J connectivity index is 1.28. The third kappa shape index (κ3) is 4.27. The first-order valence-electron chi connectivity index (χ1n) is 11.1. The number of oxazole rings is 1. The second-order valence-corrected chi connectivity index (χ2v) is 8.27. The molecule has 2 aliphatic heterocycles. The van der Waals surface area contributed by atoms with Gasteiger partial charge in [-0.1, -0.05) is 60.7 Å². The lowest BCUT2D eigenvalue weighted by Crippen LogP contribution is -2.50. The third-order valence-corrected chi connectivity index (χ3v) is 6.30. The summed E-state index contributed by atoms with van der Waals surface area (Å²) < 4.78 is 5.60. The highest BCUT2D eigenvalue weighted by Gasteiger charge is 2.30. The maximum absolute atomic E-state index is 13.0. The van der Waals surface area contributed by atoms with Gasteiger partial charge < -0.3 is 14.6 Å². The van der Waals surface area contributed by atoms with E-state index < -0.39 is 0 Å². The Labute approximate surface area is 182 Å². The molecule has 6 nitrogen and oxygen atoms in total. The van der Waals surface area contributed by atoms with Crippen molar-refractivity contribution >= 4 is 5.91 Å². The summed E-state index contributed by atoms with van der Waals surface area (Å²) in [5.74, 6) is 0.594. The number of hydrogen-bond donors (Lipinski definition) is 1. The number of aromatic nitrogens is 1. The summed E-state index contributed by atoms with van der Waals surface area (Å²) in [6.07, 6.45) is 3.64. The van der Waals surface area contributed by atoms with Crippen LogP contribution in [0.4, 0.5) is 0 Å². The van der Waals surface area contributed by atoms with E-state index >= 15 is 0 Å². The van der Waals surface area contributed by atoms with Gasteiger partial charge in [0.1, 0.15) is 6.26 Å². The predicted molar refractivity (Wildman–Crippen MR) is 119 cm³/mol. The summed E-state index contributed by atoms with van der Waals surface area (Å²) >= 11 is 0. The van der Waals surface area contributed by atoms with Crippen molar-refractivity contribution in [2.45, 2.75) is 24.9 Å². The molecule has 1 amide bonds. The van der Waals surface area contributed by atoms with Crippen molar-refractivity contribution < 1.29 is 9.21 Å². The molecule has 0 aliphatic carbocycles. The lowest BCUT2D eigenvalue weighted by molar-refractivity contribution is 0.0591. The van der Waals surface area contributed by atoms with Crippen molar-refractivity contribution in [1.29, 1.82) is 0 Å². The number of carbonyl (C=O) groups excluding carboxylic acids is 1. The molecular weight excluding hydrogens is 388 g/mol. The fraction of sp³-hybridized carbons (Fsp3) is 0.360. The number of piperazine rings is 1. The first-order chi connectivity index (χ1) is 15.3. The van der Waals surface area contributed by atoms with Crippen LogP contribution in [-0.4, -0.2) is 53.4 Å². The quantitative estimate of drug-likeness (QED) is 0.688. The normalized spacial score (nSPS) is 19.8. The molecule has 3 heterocycles. The molecule has 1 aromatic heterocycles. The highest BCUT2D eigenvalue weighted by atomic mass is 16.3. The zero-order valence-corrected chi connectivity index (χ0v) is 17.6. The van der Waals surface area contributed by atoms with Crippen LogP contribution in [0.1, 0.15) is 52.4 Å². The summed E-state index contributed by atoms with van der Waals surface area (Å²) in [5, 5.41) is 3.37. The maximum Gasteiger partial charge on any atom is 0.275 e. The highest BCUT2D eigenvalue weighted by molar-refractivity contribution is 5.92. The molecule has 0 bridgehead atoms. The molecule has 3 aromatic rings. The Bertz CT molecular complexity index is 951. The van der Waals surface area contributed by atoms with Gasteiger partial charge in [-0.05, 0) is 30.5 Å². The number of benzene rings is 2. The van der Waals surface area contributed by atoms with Crippen LogP contribution in [0, 0.1) is 0 Å². The van der Waals surface area contributed by atoms with Crippen molar-refractivity contribution in [3.8, 4) is 0 Å². The van der Waals surface area contributed by atoms with Gasteiger partial charge >= 0.3 is 0 Å². The van der Waals surface area contributed by atoms with E-state index in [0.29, 0.717) is 24.7 Å². The van der Waals surface area contributed by atoms with Gasteiger partial charge in [0.25, 0.3) is 5.91 Å². The van der Waals surface area contributed by atoms with E-state index in [1.54, 1.807) is 0 Å². The number of hydrogen-bond acceptors (Lipinski definition) is 5. The molecule has 0 spiro atoms. The van der Waals surface area contributed by atoms with Gasteiger partial charge in [0.15, 0.2) is 5.69 Å². The molecule has 1 atom stereocenters. The van der Waals surface area contributed by atoms with Crippen LogP contribution < -0.4 is 5.32 Å². The van der Waals surface area contributed by atoms with Crippen molar-refractivity contribution in [3.63, 3.8) is 0 Å². The van der Waals surface area contributed by atoms with E-state index in [4.69, 9.17) is 4.42 Å². The molecule has 1 unspecified atom stereocenters. The van der Waals surface area contributed by atoms with Crippen molar-refractivity contribution in [2.75, 3.05) is 32.7 Å². The number of nitrogens with one attached hydrogen (secondary N) is 1. The third-order valence-electron chi connectivity index (χ3n) is 6.30. The topological polar surface area (TPSA) is 61.6 Å². The van der Waals surface area contributed by atoms with E-state index in [0.717, 1.165) is 32.5 Å². The molecule has 160 valence electrons. The van der Waals surface area contributed by atoms with Crippen molar-refractivity contribution in [1.82, 2.24) is 20.1 Å². The summed E-state index contributed by atoms with van der Waals surface area (Å²) in [5.41, 5.74) is 2.97. The number of rotatable bonds is 5. The minimum atomic E-state index is -0.0383. The SMILES string of the molecule is O=C(c1coc(C2CCCN2)n1)N1CCN(C(c2ccccc2)c2ccccc2)CC1. The lowest BCUT2D eigenvalue weighted by Gasteiger charge is -2.39. The van der Waals surface area contributed by atoms with Gasteiger partial charge in [0.2, 0.25) is 5.89 Å². The van der Waals surface area contributed by atoms with Gasteiger partial charge in [-0.15, -0.1) is 0 Å². The first kappa shape index (κ1) is 20.0. The Hall–Kier alpha value is -2.96. The Morgan fingerprint density at radius 1 is 0.968 bits per heavy atom. The summed E-state index contributed by atoms with van der Waals surface area (Å²) in [6.45, 7) is 3.96. The van der Waals surface area contributed by atoms with Crippen LogP contribution in [0.5, 0.6) is 0 Å². The second kappa shape index (κ2) is 9.04. The molecule has 2 saturated heterocycles. The summed E-state index contributed by atoms with van der Waals surface area (Å²) in [6, 6.07) is 21.5. The fourth-order valence-electron chi connectivity index (χ4n) is 4.67. The van der Waals surface area contributed by atoms with E-state index in [9.17, 15) is 4.79 Å². The van der Waals surface area contributed by atoms with Crippen LogP contribution in [-0.2, 0) is 0 Å². The number of nitrogens with zero attached hydrogens (tertiary/aromatic N) is 3. The van der Waals surface area contributed by atoms with Crippen LogP contribution >= 0.6 is 0 Å². The standard InChI is InChI=1S/C25H28N4O2/c30-25(22-18-31-24(27-22)21-12-7-13-26-21)29-16-14-28(15-17-29)23(19-8-3-1-4-9-19)20-10-5-2-6-11-20/h1-6,8-11,18,21,23,26H,7,12-17H2. The van der Waals surface area contributed by atoms with Crippen LogP contribution in [0.3, 0.4) is 0 Å². The smallest absolute Gasteiger partial charge is 0.275 e. The molecule has 5 rings (SSSR count). The van der Waals surface area contributed by atoms with Gasteiger partial charge in [0, 0.05) is 26.2 Å². The predicted octanol–water partition coefficient (Wildman–Crippen LogP) is 3.65. The van der Waals surface area contributed by atoms with Gasteiger partial charge in [-0.25, -0.2) is 4.98 Å². The lowest BCUT2D eigenvalue weighted by atomic mass is 9.96. The minimum Gasteiger partial charge on any atom is -0.446 e. The molecule has 0 saturated carbocycles. The van der Waals surface area contributed by atoms with Crippen LogP contribution in [0.2, 0.25) is 0 Å². The van der Waals surface area contributed by atoms with Crippen molar-refractivity contribution in [2.24, 2.45) is 0 Å². The Kier molecular flexibility index (Phi) is 5.82. The minimum absolute atomic E-state index is 0.0383. The van der Waals surface area contributed by atoms with Crippen molar-refractivity contribution in [3.05, 3.63) is 89.6 Å². The Morgan fingerprint density at radius 2 is 1.61 bits per heavy atom. The van der Waals surface area contributed by atoms with E-state index in [-0.39, 0.29) is 18.0 Å². The van der Waals surface area contributed by atoms with Crippen LogP contribution in [0.15, 0.2) is 71.3 Å². The fourth-order valence-corrected chi connectivity index (χ4v) is 4.67. The monoisotopic (exact) mass is 416 g/mol. The molecule has 6 heteroatoms. The molecule has 2 fully saturated rings. The Morgan fingerprint density at radius 3 is 2.19 bits per heavy atom. The highest BCUT2D eigenvalue weighted by Crippen LogP contribution is 2.30. The summed E-state index contributed by atoms with van der Waals surface area (Å²) in [4.78, 5) is 21.9. The second-order valence-electron chi connectivity index (χ2n) is 8.27. The molecule has 0 radical (unpaired) electrons. The molecule has 2 aliphatic rings. The zero-order valence-electron chi connectivity index (χ0n) is 17.6. The molecular formula is C25H28N4O2. The number of carbonyl (C=O) groups is 1. The van der Waals surface area contributed by atoms with E-state index in [1.807, 2.05) is 4.90 Å². The van der Waals surface area contributed by atoms with Gasteiger partial charge in [-0.3, -0.25) is 9.69 Å². The largest absolute Gasteiger partial charge is 0.446 e.